The van der Waals surface area contributed by atoms with Crippen molar-refractivity contribution in [2.75, 3.05) is 0 Å². The third-order valence-electron chi connectivity index (χ3n) is 1.94. The van der Waals surface area contributed by atoms with Crippen molar-refractivity contribution in [2.45, 2.75) is 6.61 Å². The zero-order valence-corrected chi connectivity index (χ0v) is 8.01. The van der Waals surface area contributed by atoms with Crippen LogP contribution in [0.1, 0.15) is 5.76 Å². The van der Waals surface area contributed by atoms with Gasteiger partial charge in [-0.25, -0.2) is 9.36 Å². The highest BCUT2D eigenvalue weighted by atomic mass is 16.4. The van der Waals surface area contributed by atoms with Gasteiger partial charge in [0.05, 0.1) is 0 Å². The third kappa shape index (κ3) is 1.63. The molecule has 0 saturated heterocycles. The molecule has 0 aliphatic rings. The van der Waals surface area contributed by atoms with E-state index in [1.807, 2.05) is 4.98 Å². The highest BCUT2D eigenvalue weighted by molar-refractivity contribution is 5.38. The molecule has 0 aliphatic heterocycles. The molecule has 16 heavy (non-hydrogen) atoms. The fourth-order valence-corrected chi connectivity index (χ4v) is 1.25. The van der Waals surface area contributed by atoms with Gasteiger partial charge >= 0.3 is 5.69 Å². The van der Waals surface area contributed by atoms with E-state index in [0.29, 0.717) is 0 Å². The maximum absolute atomic E-state index is 11.4. The molecule has 3 N–H and O–H groups in total. The van der Waals surface area contributed by atoms with Crippen LogP contribution in [0.3, 0.4) is 0 Å². The van der Waals surface area contributed by atoms with Crippen LogP contribution in [-0.2, 0) is 6.61 Å². The zero-order valence-electron chi connectivity index (χ0n) is 8.01. The fourth-order valence-electron chi connectivity index (χ4n) is 1.25. The average molecular weight is 224 g/mol. The number of aromatic nitrogens is 2. The molecule has 7 nitrogen and oxygen atoms in total. The van der Waals surface area contributed by atoms with Crippen molar-refractivity contribution in [3.8, 4) is 11.6 Å². The van der Waals surface area contributed by atoms with Crippen LogP contribution in [0.25, 0.3) is 5.88 Å². The normalized spacial score (nSPS) is 10.6. The molecule has 0 bridgehead atoms. The summed E-state index contributed by atoms with van der Waals surface area (Å²) in [6.45, 7) is -0.397. The van der Waals surface area contributed by atoms with Gasteiger partial charge in [0.2, 0.25) is 0 Å². The molecule has 84 valence electrons. The van der Waals surface area contributed by atoms with E-state index in [1.165, 1.54) is 12.3 Å². The van der Waals surface area contributed by atoms with Crippen molar-refractivity contribution in [3.63, 3.8) is 0 Å². The number of aromatic hydroxyl groups is 1. The summed E-state index contributed by atoms with van der Waals surface area (Å²) in [5.74, 6) is -0.325. The Bertz CT molecular complexity index is 621. The van der Waals surface area contributed by atoms with E-state index in [1.54, 1.807) is 0 Å². The highest BCUT2D eigenvalue weighted by Crippen LogP contribution is 2.24. The fraction of sp³-hybridized carbons (Fsp3) is 0.111. The van der Waals surface area contributed by atoms with Gasteiger partial charge in [0, 0.05) is 18.3 Å². The first-order valence-electron chi connectivity index (χ1n) is 4.36. The van der Waals surface area contributed by atoms with E-state index in [0.717, 1.165) is 10.6 Å². The van der Waals surface area contributed by atoms with Crippen LogP contribution in [0.5, 0.6) is 5.75 Å². The van der Waals surface area contributed by atoms with E-state index in [9.17, 15) is 14.7 Å². The van der Waals surface area contributed by atoms with Gasteiger partial charge in [0.25, 0.3) is 11.4 Å². The Labute approximate surface area is 88.2 Å². The van der Waals surface area contributed by atoms with Crippen molar-refractivity contribution in [1.29, 1.82) is 0 Å². The lowest BCUT2D eigenvalue weighted by atomic mass is 10.4. The number of aliphatic hydroxyl groups is 1. The van der Waals surface area contributed by atoms with E-state index >= 15 is 0 Å². The molecule has 0 radical (unpaired) electrons. The van der Waals surface area contributed by atoms with Gasteiger partial charge in [-0.05, 0) is 0 Å². The van der Waals surface area contributed by atoms with Gasteiger partial charge in [0.15, 0.2) is 5.75 Å². The number of aliphatic hydroxyl groups excluding tert-OH is 1. The molecule has 0 amide bonds. The summed E-state index contributed by atoms with van der Waals surface area (Å²) < 4.78 is 5.94. The summed E-state index contributed by atoms with van der Waals surface area (Å²) in [6.07, 6.45) is 1.17. The molecule has 0 fully saturated rings. The molecule has 0 aliphatic carbocycles. The Morgan fingerprint density at radius 1 is 1.44 bits per heavy atom. The number of nitrogens with one attached hydrogen (secondary N) is 1. The maximum Gasteiger partial charge on any atom is 0.335 e. The Balaban J connectivity index is 2.62. The van der Waals surface area contributed by atoms with Crippen LogP contribution >= 0.6 is 0 Å². The van der Waals surface area contributed by atoms with Gasteiger partial charge in [-0.1, -0.05) is 0 Å². The number of hydrogen-bond acceptors (Lipinski definition) is 5. The molecule has 0 spiro atoms. The number of hydrogen-bond donors (Lipinski definition) is 3. The van der Waals surface area contributed by atoms with Gasteiger partial charge < -0.3 is 14.6 Å². The topological polar surface area (TPSA) is 108 Å². The highest BCUT2D eigenvalue weighted by Gasteiger charge is 2.12. The van der Waals surface area contributed by atoms with Crippen molar-refractivity contribution < 1.29 is 14.6 Å². The number of furan rings is 1. The van der Waals surface area contributed by atoms with E-state index in [-0.39, 0.29) is 17.4 Å². The Kier molecular flexibility index (Phi) is 2.37. The molecule has 2 aromatic heterocycles. The van der Waals surface area contributed by atoms with Crippen LogP contribution in [0, 0.1) is 0 Å². The predicted molar refractivity (Wildman–Crippen MR) is 52.5 cm³/mol. The number of rotatable bonds is 2. The summed E-state index contributed by atoms with van der Waals surface area (Å²) in [5, 5.41) is 18.2. The lowest BCUT2D eigenvalue weighted by Crippen LogP contribution is -2.27. The first-order valence-corrected chi connectivity index (χ1v) is 4.36. The molecule has 7 heteroatoms. The summed E-state index contributed by atoms with van der Waals surface area (Å²) >= 11 is 0. The van der Waals surface area contributed by atoms with E-state index in [4.69, 9.17) is 9.52 Å². The van der Waals surface area contributed by atoms with E-state index < -0.39 is 17.9 Å². The first kappa shape index (κ1) is 10.2. The van der Waals surface area contributed by atoms with Crippen LogP contribution in [0.15, 0.2) is 32.3 Å². The van der Waals surface area contributed by atoms with Gasteiger partial charge in [-0.3, -0.25) is 9.78 Å². The SMILES string of the molecule is O=c1ccn(-c2oc(CO)cc2O)c(=O)[nH]1. The second-order valence-corrected chi connectivity index (χ2v) is 3.04. The number of aromatic amines is 1. The largest absolute Gasteiger partial charge is 0.503 e. The number of H-pyrrole nitrogens is 1. The third-order valence-corrected chi connectivity index (χ3v) is 1.94. The standard InChI is InChI=1S/C9H8N2O5/c12-4-5-3-6(13)8(16-5)11-2-1-7(14)10-9(11)15/h1-3,12-13H,4H2,(H,10,14,15). The second kappa shape index (κ2) is 3.70. The van der Waals surface area contributed by atoms with Crippen molar-refractivity contribution >= 4 is 0 Å². The van der Waals surface area contributed by atoms with Gasteiger partial charge in [-0.2, -0.15) is 0 Å². The second-order valence-electron chi connectivity index (χ2n) is 3.04. The maximum atomic E-state index is 11.4. The molecule has 0 atom stereocenters. The van der Waals surface area contributed by atoms with Gasteiger partial charge in [0.1, 0.15) is 12.4 Å². The first-order chi connectivity index (χ1) is 7.61. The molecule has 0 unspecified atom stereocenters. The summed E-state index contributed by atoms with van der Waals surface area (Å²) in [7, 11) is 0. The van der Waals surface area contributed by atoms with Crippen LogP contribution in [0.2, 0.25) is 0 Å². The molecule has 0 aromatic carbocycles. The smallest absolute Gasteiger partial charge is 0.335 e. The van der Waals surface area contributed by atoms with Crippen molar-refractivity contribution in [3.05, 3.63) is 44.9 Å². The summed E-state index contributed by atoms with van der Waals surface area (Å²) in [4.78, 5) is 24.2. The Hall–Kier alpha value is -2.28. The quantitative estimate of drug-likeness (QED) is 0.626. The molecule has 2 aromatic rings. The van der Waals surface area contributed by atoms with Crippen molar-refractivity contribution in [1.82, 2.24) is 9.55 Å². The zero-order chi connectivity index (χ0) is 11.7. The molecule has 2 heterocycles. The minimum absolute atomic E-state index is 0.116. The average Bonchev–Trinajstić information content (AvgIpc) is 2.60. The minimum atomic E-state index is -0.735. The number of nitrogens with zero attached hydrogens (tertiary/aromatic N) is 1. The van der Waals surface area contributed by atoms with Crippen LogP contribution < -0.4 is 11.2 Å². The summed E-state index contributed by atoms with van der Waals surface area (Å²) in [6, 6.07) is 2.30. The Morgan fingerprint density at radius 2 is 2.19 bits per heavy atom. The van der Waals surface area contributed by atoms with E-state index in [2.05, 4.69) is 0 Å². The lowest BCUT2D eigenvalue weighted by Gasteiger charge is -1.99. The van der Waals surface area contributed by atoms with Crippen LogP contribution in [0.4, 0.5) is 0 Å². The molecule has 0 saturated carbocycles. The minimum Gasteiger partial charge on any atom is -0.503 e. The predicted octanol–water partition coefficient (Wildman–Crippen LogP) is -0.683. The monoisotopic (exact) mass is 224 g/mol. The molecule has 2 rings (SSSR count). The lowest BCUT2D eigenvalue weighted by molar-refractivity contribution is 0.246. The van der Waals surface area contributed by atoms with Crippen LogP contribution in [-0.4, -0.2) is 19.8 Å². The van der Waals surface area contributed by atoms with Crippen molar-refractivity contribution in [2.24, 2.45) is 0 Å². The van der Waals surface area contributed by atoms with Gasteiger partial charge in [-0.15, -0.1) is 0 Å². The molecular weight excluding hydrogens is 216 g/mol. The molecular formula is C9H8N2O5. The Morgan fingerprint density at radius 3 is 2.75 bits per heavy atom. The summed E-state index contributed by atoms with van der Waals surface area (Å²) in [5.41, 5.74) is -1.28.